The van der Waals surface area contributed by atoms with Crippen LogP contribution in [0.15, 0.2) is 28.7 Å². The number of hydrogen-bond donors (Lipinski definition) is 3. The highest BCUT2D eigenvalue weighted by molar-refractivity contribution is 9.10. The van der Waals surface area contributed by atoms with Crippen molar-refractivity contribution >= 4 is 27.7 Å². The summed E-state index contributed by atoms with van der Waals surface area (Å²) in [7, 11) is 0. The molecule has 1 aliphatic heterocycles. The first-order valence-electron chi connectivity index (χ1n) is 7.87. The van der Waals surface area contributed by atoms with E-state index < -0.39 is 0 Å². The summed E-state index contributed by atoms with van der Waals surface area (Å²) in [6.45, 7) is 4.92. The van der Waals surface area contributed by atoms with E-state index in [0.717, 1.165) is 10.0 Å². The van der Waals surface area contributed by atoms with E-state index in [1.165, 1.54) is 0 Å². The number of hydrazine groups is 1. The molecule has 2 unspecified atom stereocenters. The quantitative estimate of drug-likeness (QED) is 0.693. The summed E-state index contributed by atoms with van der Waals surface area (Å²) in [4.78, 5) is 25.9. The largest absolute Gasteiger partial charge is 0.355 e. The molecule has 3 N–H and O–H groups in total. The molecule has 1 aromatic carbocycles. The Morgan fingerprint density at radius 2 is 1.96 bits per heavy atom. The average molecular weight is 383 g/mol. The molecule has 0 saturated carbocycles. The molecule has 1 fully saturated rings. The highest BCUT2D eigenvalue weighted by Gasteiger charge is 2.32. The van der Waals surface area contributed by atoms with Gasteiger partial charge in [-0.15, -0.1) is 0 Å². The summed E-state index contributed by atoms with van der Waals surface area (Å²) >= 11 is 3.42. The van der Waals surface area contributed by atoms with Crippen LogP contribution in [0.3, 0.4) is 0 Å². The zero-order chi connectivity index (χ0) is 16.8. The second kappa shape index (κ2) is 8.42. The lowest BCUT2D eigenvalue weighted by Gasteiger charge is -2.23. The number of hydrogen-bond acceptors (Lipinski definition) is 4. The first kappa shape index (κ1) is 17.9. The van der Waals surface area contributed by atoms with Gasteiger partial charge in [0, 0.05) is 23.6 Å². The first-order chi connectivity index (χ1) is 11.0. The number of carbonyl (C=O) groups is 2. The number of carbonyl (C=O) groups excluding carboxylic acids is 2. The number of halogens is 1. The minimum absolute atomic E-state index is 0.0501. The van der Waals surface area contributed by atoms with Gasteiger partial charge in [-0.25, -0.2) is 10.9 Å². The molecule has 0 aliphatic carbocycles. The zero-order valence-corrected chi connectivity index (χ0v) is 15.0. The van der Waals surface area contributed by atoms with Gasteiger partial charge in [0.15, 0.2) is 0 Å². The van der Waals surface area contributed by atoms with E-state index in [1.807, 2.05) is 38.1 Å². The van der Waals surface area contributed by atoms with Crippen molar-refractivity contribution in [2.75, 3.05) is 19.6 Å². The molecule has 2 atom stereocenters. The summed E-state index contributed by atoms with van der Waals surface area (Å²) in [5, 5.41) is 2.72. The molecular weight excluding hydrogens is 360 g/mol. The van der Waals surface area contributed by atoms with E-state index in [2.05, 4.69) is 32.1 Å². The predicted molar refractivity (Wildman–Crippen MR) is 92.5 cm³/mol. The van der Waals surface area contributed by atoms with Gasteiger partial charge in [0.25, 0.3) is 0 Å². The Bertz CT molecular complexity index is 550. The molecule has 2 amide bonds. The van der Waals surface area contributed by atoms with Gasteiger partial charge >= 0.3 is 0 Å². The summed E-state index contributed by atoms with van der Waals surface area (Å²) in [6.07, 6.45) is 0.659. The maximum atomic E-state index is 12.6. The van der Waals surface area contributed by atoms with Gasteiger partial charge in [-0.3, -0.25) is 9.59 Å². The highest BCUT2D eigenvalue weighted by atomic mass is 79.9. The summed E-state index contributed by atoms with van der Waals surface area (Å²) < 4.78 is 1.03. The van der Waals surface area contributed by atoms with Crippen molar-refractivity contribution in [3.63, 3.8) is 0 Å². The van der Waals surface area contributed by atoms with Crippen LogP contribution in [0, 0.1) is 0 Å². The fourth-order valence-corrected chi connectivity index (χ4v) is 2.89. The van der Waals surface area contributed by atoms with Crippen molar-refractivity contribution in [2.24, 2.45) is 0 Å². The fourth-order valence-electron chi connectivity index (χ4n) is 2.62. The Kier molecular flexibility index (Phi) is 6.56. The van der Waals surface area contributed by atoms with Crippen molar-refractivity contribution in [2.45, 2.75) is 32.4 Å². The monoisotopic (exact) mass is 382 g/mol. The Morgan fingerprint density at radius 3 is 2.57 bits per heavy atom. The van der Waals surface area contributed by atoms with Crippen LogP contribution in [0.25, 0.3) is 0 Å². The molecule has 0 bridgehead atoms. The minimum Gasteiger partial charge on any atom is -0.355 e. The molecule has 6 nitrogen and oxygen atoms in total. The lowest BCUT2D eigenvalue weighted by molar-refractivity contribution is -0.137. The number of benzene rings is 1. The molecule has 126 valence electrons. The topological polar surface area (TPSA) is 73.5 Å². The maximum absolute atomic E-state index is 12.6. The number of nitrogens with zero attached hydrogens (tertiary/aromatic N) is 1. The third kappa shape index (κ3) is 4.76. The molecule has 1 heterocycles. The van der Waals surface area contributed by atoms with Crippen LogP contribution >= 0.6 is 15.9 Å². The van der Waals surface area contributed by atoms with Crippen LogP contribution in [-0.2, 0) is 9.59 Å². The van der Waals surface area contributed by atoms with E-state index in [9.17, 15) is 9.59 Å². The van der Waals surface area contributed by atoms with Gasteiger partial charge in [-0.1, -0.05) is 28.1 Å². The van der Waals surface area contributed by atoms with E-state index >= 15 is 0 Å². The Labute approximate surface area is 145 Å². The molecule has 0 aromatic heterocycles. The third-order valence-corrected chi connectivity index (χ3v) is 4.40. The summed E-state index contributed by atoms with van der Waals surface area (Å²) in [5.74, 6) is -0.177. The van der Waals surface area contributed by atoms with Gasteiger partial charge < -0.3 is 10.2 Å². The smallest absolute Gasteiger partial charge is 0.241 e. The van der Waals surface area contributed by atoms with Crippen LogP contribution < -0.4 is 16.2 Å². The maximum Gasteiger partial charge on any atom is 0.241 e. The van der Waals surface area contributed by atoms with Gasteiger partial charge in [-0.2, -0.15) is 0 Å². The van der Waals surface area contributed by atoms with Crippen LogP contribution in [0.2, 0.25) is 0 Å². The normalized spacial score (nSPS) is 20.3. The van der Waals surface area contributed by atoms with E-state index in [0.29, 0.717) is 19.5 Å². The van der Waals surface area contributed by atoms with Crippen molar-refractivity contribution in [3.8, 4) is 0 Å². The number of likely N-dealkylation sites (N-methyl/N-ethyl adjacent to an activating group) is 2. The van der Waals surface area contributed by atoms with Crippen LogP contribution in [0.1, 0.15) is 31.9 Å². The fraction of sp³-hybridized carbons (Fsp3) is 0.500. The molecule has 1 aromatic rings. The van der Waals surface area contributed by atoms with Gasteiger partial charge in [0.05, 0.1) is 6.54 Å². The number of rotatable bonds is 6. The number of amides is 2. The SMILES string of the molecule is CCNC(=O)CN(CC)C(=O)C1CC(c2ccc(Br)cc2)NN1. The summed E-state index contributed by atoms with van der Waals surface area (Å²) in [5.41, 5.74) is 7.35. The molecule has 0 spiro atoms. The molecule has 7 heteroatoms. The van der Waals surface area contributed by atoms with Crippen molar-refractivity contribution < 1.29 is 9.59 Å². The van der Waals surface area contributed by atoms with Crippen molar-refractivity contribution in [3.05, 3.63) is 34.3 Å². The standard InChI is InChI=1S/C16H23BrN4O2/c1-3-18-15(22)10-21(4-2)16(23)14-9-13(19-20-14)11-5-7-12(17)8-6-11/h5-8,13-14,19-20H,3-4,9-10H2,1-2H3,(H,18,22). The van der Waals surface area contributed by atoms with E-state index in [4.69, 9.17) is 0 Å². The third-order valence-electron chi connectivity index (χ3n) is 3.88. The van der Waals surface area contributed by atoms with Crippen LogP contribution in [0.4, 0.5) is 0 Å². The van der Waals surface area contributed by atoms with Crippen LogP contribution in [0.5, 0.6) is 0 Å². The van der Waals surface area contributed by atoms with Crippen molar-refractivity contribution in [1.82, 2.24) is 21.1 Å². The Hall–Kier alpha value is -1.44. The second-order valence-electron chi connectivity index (χ2n) is 5.49. The van der Waals surface area contributed by atoms with Gasteiger partial charge in [0.2, 0.25) is 11.8 Å². The minimum atomic E-state index is -0.321. The molecule has 1 aliphatic rings. The molecule has 1 saturated heterocycles. The molecular formula is C16H23BrN4O2. The lowest BCUT2D eigenvalue weighted by Crippen LogP contribution is -2.48. The van der Waals surface area contributed by atoms with Gasteiger partial charge in [-0.05, 0) is 38.0 Å². The predicted octanol–water partition coefficient (Wildman–Crippen LogP) is 1.34. The zero-order valence-electron chi connectivity index (χ0n) is 13.4. The van der Waals surface area contributed by atoms with Gasteiger partial charge in [0.1, 0.15) is 6.04 Å². The first-order valence-corrected chi connectivity index (χ1v) is 8.66. The van der Waals surface area contributed by atoms with Crippen LogP contribution in [-0.4, -0.2) is 42.4 Å². The highest BCUT2D eigenvalue weighted by Crippen LogP contribution is 2.24. The molecule has 0 radical (unpaired) electrons. The second-order valence-corrected chi connectivity index (χ2v) is 6.40. The summed E-state index contributed by atoms with van der Waals surface area (Å²) in [6, 6.07) is 7.79. The molecule has 2 rings (SSSR count). The Morgan fingerprint density at radius 1 is 1.26 bits per heavy atom. The lowest BCUT2D eigenvalue weighted by atomic mass is 10.0. The average Bonchev–Trinajstić information content (AvgIpc) is 3.03. The molecule has 23 heavy (non-hydrogen) atoms. The van der Waals surface area contributed by atoms with Crippen molar-refractivity contribution in [1.29, 1.82) is 0 Å². The Balaban J connectivity index is 1.95. The van der Waals surface area contributed by atoms with E-state index in [1.54, 1.807) is 4.90 Å². The number of nitrogens with one attached hydrogen (secondary N) is 3. The van der Waals surface area contributed by atoms with E-state index in [-0.39, 0.29) is 30.4 Å².